The Morgan fingerprint density at radius 2 is 0.825 bits per heavy atom. The minimum atomic E-state index is 0.907. The van der Waals surface area contributed by atoms with Crippen molar-refractivity contribution in [2.24, 2.45) is 0 Å². The van der Waals surface area contributed by atoms with Crippen LogP contribution in [0.3, 0.4) is 0 Å². The highest BCUT2D eigenvalue weighted by Gasteiger charge is 2.19. The van der Waals surface area contributed by atoms with Crippen molar-refractivity contribution in [3.8, 4) is 44.8 Å². The summed E-state index contributed by atoms with van der Waals surface area (Å²) in [5.41, 5.74) is 15.9. The van der Waals surface area contributed by atoms with Crippen LogP contribution in [-0.2, 0) is 0 Å². The van der Waals surface area contributed by atoms with Gasteiger partial charge in [-0.15, -0.1) is 0 Å². The van der Waals surface area contributed by atoms with Crippen LogP contribution in [-0.4, -0.2) is 9.13 Å². The monoisotopic (exact) mass is 726 g/mol. The number of benzene rings is 9. The summed E-state index contributed by atoms with van der Waals surface area (Å²) in [7, 11) is 0. The molecule has 0 saturated heterocycles. The summed E-state index contributed by atoms with van der Waals surface area (Å²) in [6.45, 7) is 0. The van der Waals surface area contributed by atoms with Crippen LogP contribution in [0, 0.1) is 0 Å². The van der Waals surface area contributed by atoms with Crippen LogP contribution in [0.4, 0.5) is 0 Å². The molecule has 0 atom stereocenters. The van der Waals surface area contributed by atoms with Crippen molar-refractivity contribution in [3.05, 3.63) is 206 Å². The van der Waals surface area contributed by atoms with Crippen molar-refractivity contribution >= 4 is 65.6 Å². The van der Waals surface area contributed by atoms with Crippen LogP contribution in [0.5, 0.6) is 0 Å². The molecule has 0 unspecified atom stereocenters. The first-order valence-electron chi connectivity index (χ1n) is 19.5. The molecule has 3 aromatic heterocycles. The van der Waals surface area contributed by atoms with Gasteiger partial charge in [0.25, 0.3) is 0 Å². The Labute approximate surface area is 328 Å². The molecule has 3 heteroatoms. The smallest absolute Gasteiger partial charge is 0.136 e. The third kappa shape index (κ3) is 4.92. The Hall–Kier alpha value is -7.62. The third-order valence-corrected chi connectivity index (χ3v) is 11.7. The summed E-state index contributed by atoms with van der Waals surface area (Å²) in [6.07, 6.45) is 0. The van der Waals surface area contributed by atoms with E-state index in [0.717, 1.165) is 44.4 Å². The second-order valence-electron chi connectivity index (χ2n) is 14.9. The lowest BCUT2D eigenvalue weighted by Crippen LogP contribution is -1.95. The first-order valence-corrected chi connectivity index (χ1v) is 19.5. The Morgan fingerprint density at radius 1 is 0.281 bits per heavy atom. The lowest BCUT2D eigenvalue weighted by Gasteiger charge is -2.12. The fourth-order valence-electron chi connectivity index (χ4n) is 9.14. The van der Waals surface area contributed by atoms with Gasteiger partial charge in [-0.3, -0.25) is 0 Å². The molecule has 3 heterocycles. The molecular formula is C54H34N2O. The number of furan rings is 1. The second-order valence-corrected chi connectivity index (χ2v) is 14.9. The average Bonchev–Trinajstić information content (AvgIpc) is 3.94. The van der Waals surface area contributed by atoms with Gasteiger partial charge < -0.3 is 13.6 Å². The van der Waals surface area contributed by atoms with Crippen LogP contribution < -0.4 is 0 Å². The molecule has 0 spiro atoms. The summed E-state index contributed by atoms with van der Waals surface area (Å²) in [5.74, 6) is 0. The topological polar surface area (TPSA) is 23.0 Å². The van der Waals surface area contributed by atoms with E-state index in [0.29, 0.717) is 0 Å². The van der Waals surface area contributed by atoms with E-state index in [-0.39, 0.29) is 0 Å². The number of hydrogen-bond acceptors (Lipinski definition) is 1. The number of para-hydroxylation sites is 4. The van der Waals surface area contributed by atoms with Gasteiger partial charge in [0.05, 0.1) is 22.1 Å². The maximum atomic E-state index is 6.25. The predicted octanol–water partition coefficient (Wildman–Crippen LogP) is 14.8. The lowest BCUT2D eigenvalue weighted by atomic mass is 9.98. The van der Waals surface area contributed by atoms with Gasteiger partial charge in [0, 0.05) is 43.7 Å². The zero-order chi connectivity index (χ0) is 37.5. The number of fused-ring (bicyclic) bond motifs is 9. The number of rotatable bonds is 5. The van der Waals surface area contributed by atoms with Gasteiger partial charge >= 0.3 is 0 Å². The second kappa shape index (κ2) is 12.5. The van der Waals surface area contributed by atoms with Crippen molar-refractivity contribution in [1.82, 2.24) is 9.13 Å². The third-order valence-electron chi connectivity index (χ3n) is 11.7. The summed E-state index contributed by atoms with van der Waals surface area (Å²) in [6, 6.07) is 74.5. The first-order chi connectivity index (χ1) is 28.3. The highest BCUT2D eigenvalue weighted by Crippen LogP contribution is 2.41. The molecule has 0 aliphatic heterocycles. The molecular weight excluding hydrogens is 693 g/mol. The minimum Gasteiger partial charge on any atom is -0.456 e. The van der Waals surface area contributed by atoms with Crippen molar-refractivity contribution < 1.29 is 4.42 Å². The zero-order valence-electron chi connectivity index (χ0n) is 30.9. The largest absolute Gasteiger partial charge is 0.456 e. The Bertz CT molecular complexity index is 3530. The van der Waals surface area contributed by atoms with E-state index in [4.69, 9.17) is 4.42 Å². The molecule has 266 valence electrons. The summed E-state index contributed by atoms with van der Waals surface area (Å²) >= 11 is 0. The molecule has 12 aromatic rings. The number of nitrogens with zero attached hydrogens (tertiary/aromatic N) is 2. The van der Waals surface area contributed by atoms with Crippen molar-refractivity contribution in [3.63, 3.8) is 0 Å². The van der Waals surface area contributed by atoms with Crippen molar-refractivity contribution in [2.45, 2.75) is 0 Å². The molecule has 12 rings (SSSR count). The molecule has 0 N–H and O–H groups in total. The highest BCUT2D eigenvalue weighted by molar-refractivity contribution is 6.17. The number of aromatic nitrogens is 2. The predicted molar refractivity (Wildman–Crippen MR) is 239 cm³/mol. The van der Waals surface area contributed by atoms with Crippen molar-refractivity contribution in [1.29, 1.82) is 0 Å². The first kappa shape index (κ1) is 31.7. The highest BCUT2D eigenvalue weighted by atomic mass is 16.3. The fourth-order valence-corrected chi connectivity index (χ4v) is 9.14. The lowest BCUT2D eigenvalue weighted by molar-refractivity contribution is 0.669. The number of hydrogen-bond donors (Lipinski definition) is 0. The van der Waals surface area contributed by atoms with E-state index < -0.39 is 0 Å². The maximum Gasteiger partial charge on any atom is 0.136 e. The minimum absolute atomic E-state index is 0.907. The van der Waals surface area contributed by atoms with Crippen LogP contribution in [0.15, 0.2) is 211 Å². The van der Waals surface area contributed by atoms with Gasteiger partial charge in [-0.1, -0.05) is 133 Å². The van der Waals surface area contributed by atoms with Crippen LogP contribution in [0.2, 0.25) is 0 Å². The molecule has 0 radical (unpaired) electrons. The van der Waals surface area contributed by atoms with Gasteiger partial charge in [0.2, 0.25) is 0 Å². The van der Waals surface area contributed by atoms with E-state index in [9.17, 15) is 0 Å². The maximum absolute atomic E-state index is 6.25. The quantitative estimate of drug-likeness (QED) is 0.173. The van der Waals surface area contributed by atoms with E-state index in [1.54, 1.807) is 0 Å². The Morgan fingerprint density at radius 3 is 1.67 bits per heavy atom. The standard InChI is InChI=1S/C54H34N2O/c1-2-16-40(17-3-1)55-49-24-8-5-21-47(49)54-42(22-12-25-50(54)55)39-28-29-44-43-19-4-7-23-48(43)56(51(44)33-39)41-18-11-15-37(32-41)35-13-10-14-36(31-35)38-27-30-46-45-20-6-9-26-52(45)57-53(46)34-38/h1-34H. The SMILES string of the molecule is c1ccc(-n2c3ccccc3c3c(-c4ccc5c6ccccc6n(-c6cccc(-c7cccc(-c8ccc9c(c8)oc8ccccc89)c7)c6)c5c4)cccc32)cc1. The van der Waals surface area contributed by atoms with Crippen LogP contribution in [0.1, 0.15) is 0 Å². The summed E-state index contributed by atoms with van der Waals surface area (Å²) in [5, 5.41) is 7.28. The van der Waals surface area contributed by atoms with Crippen LogP contribution in [0.25, 0.3) is 110 Å². The molecule has 0 amide bonds. The molecule has 0 saturated carbocycles. The van der Waals surface area contributed by atoms with Gasteiger partial charge in [0.1, 0.15) is 11.2 Å². The van der Waals surface area contributed by atoms with Gasteiger partial charge in [-0.05, 0) is 106 Å². The summed E-state index contributed by atoms with van der Waals surface area (Å²) in [4.78, 5) is 0. The molecule has 57 heavy (non-hydrogen) atoms. The summed E-state index contributed by atoms with van der Waals surface area (Å²) < 4.78 is 11.1. The molecule has 9 aromatic carbocycles. The average molecular weight is 727 g/mol. The molecule has 3 nitrogen and oxygen atoms in total. The van der Waals surface area contributed by atoms with E-state index >= 15 is 0 Å². The van der Waals surface area contributed by atoms with Crippen LogP contribution >= 0.6 is 0 Å². The molecule has 0 fully saturated rings. The molecule has 0 aliphatic rings. The molecule has 0 bridgehead atoms. The molecule has 0 aliphatic carbocycles. The fraction of sp³-hybridized carbons (Fsp3) is 0. The van der Waals surface area contributed by atoms with E-state index in [1.807, 2.05) is 12.1 Å². The van der Waals surface area contributed by atoms with Gasteiger partial charge in [-0.25, -0.2) is 0 Å². The van der Waals surface area contributed by atoms with Gasteiger partial charge in [-0.2, -0.15) is 0 Å². The van der Waals surface area contributed by atoms with E-state index in [1.165, 1.54) is 65.9 Å². The van der Waals surface area contributed by atoms with Gasteiger partial charge in [0.15, 0.2) is 0 Å². The Kier molecular flexibility index (Phi) is 6.93. The normalized spacial score (nSPS) is 11.9. The van der Waals surface area contributed by atoms with E-state index in [2.05, 4.69) is 203 Å². The Balaban J connectivity index is 1.00. The zero-order valence-corrected chi connectivity index (χ0v) is 30.9. The van der Waals surface area contributed by atoms with Crippen molar-refractivity contribution in [2.75, 3.05) is 0 Å².